The summed E-state index contributed by atoms with van der Waals surface area (Å²) in [5.41, 5.74) is 6.06. The lowest BCUT2D eigenvalue weighted by Crippen LogP contribution is -2.32. The Kier molecular flexibility index (Phi) is 4.41. The molecule has 1 rings (SSSR count). The van der Waals surface area contributed by atoms with Gasteiger partial charge in [-0.2, -0.15) is 0 Å². The van der Waals surface area contributed by atoms with Gasteiger partial charge in [0.1, 0.15) is 6.04 Å². The first-order valence-corrected chi connectivity index (χ1v) is 5.21. The maximum absolute atomic E-state index is 10.6. The largest absolute Gasteiger partial charge is 0.494 e. The van der Waals surface area contributed by atoms with Crippen molar-refractivity contribution >= 4 is 29.2 Å². The summed E-state index contributed by atoms with van der Waals surface area (Å²) in [5.74, 6) is -0.695. The predicted octanol–water partition coefficient (Wildman–Crippen LogP) is 1.96. The zero-order valence-corrected chi connectivity index (χ0v) is 10.0. The van der Waals surface area contributed by atoms with Crippen molar-refractivity contribution in [2.24, 2.45) is 5.73 Å². The van der Waals surface area contributed by atoms with Gasteiger partial charge in [0.25, 0.3) is 0 Å². The van der Waals surface area contributed by atoms with Crippen LogP contribution in [0.25, 0.3) is 0 Å². The van der Waals surface area contributed by atoms with Crippen LogP contribution in [0, 0.1) is 0 Å². The number of carboxylic acid groups (broad SMARTS) is 1. The summed E-state index contributed by atoms with van der Waals surface area (Å²) >= 11 is 11.8. The van der Waals surface area contributed by atoms with E-state index in [4.69, 9.17) is 38.8 Å². The number of nitrogens with two attached hydrogens (primary N) is 1. The van der Waals surface area contributed by atoms with Gasteiger partial charge in [-0.3, -0.25) is 4.79 Å². The van der Waals surface area contributed by atoms with E-state index >= 15 is 0 Å². The molecule has 0 radical (unpaired) electrons. The molecule has 0 amide bonds. The molecule has 1 aromatic carbocycles. The first-order valence-electron chi connectivity index (χ1n) is 4.46. The fraction of sp³-hybridized carbons (Fsp3) is 0.300. The average Bonchev–Trinajstić information content (AvgIpc) is 2.16. The molecule has 0 aliphatic heterocycles. The van der Waals surface area contributed by atoms with Crippen LogP contribution in [0.3, 0.4) is 0 Å². The van der Waals surface area contributed by atoms with Gasteiger partial charge in [0.05, 0.1) is 17.2 Å². The minimum atomic E-state index is -1.07. The van der Waals surface area contributed by atoms with Crippen LogP contribution < -0.4 is 10.5 Å². The monoisotopic (exact) mass is 263 g/mol. The lowest BCUT2D eigenvalue weighted by molar-refractivity contribution is -0.138. The van der Waals surface area contributed by atoms with Crippen LogP contribution in [0.2, 0.25) is 10.0 Å². The van der Waals surface area contributed by atoms with Gasteiger partial charge < -0.3 is 15.6 Å². The van der Waals surface area contributed by atoms with Crippen molar-refractivity contribution < 1.29 is 14.6 Å². The Labute approximate surface area is 103 Å². The molecule has 0 aliphatic carbocycles. The maximum atomic E-state index is 10.6. The van der Waals surface area contributed by atoms with Crippen LogP contribution in [0.4, 0.5) is 0 Å². The van der Waals surface area contributed by atoms with E-state index in [2.05, 4.69) is 0 Å². The average molecular weight is 264 g/mol. The third-order valence-corrected chi connectivity index (χ3v) is 2.60. The molecule has 0 saturated carbocycles. The highest BCUT2D eigenvalue weighted by atomic mass is 35.5. The molecule has 1 aromatic rings. The van der Waals surface area contributed by atoms with Crippen LogP contribution in [0.1, 0.15) is 5.56 Å². The quantitative estimate of drug-likeness (QED) is 0.871. The second kappa shape index (κ2) is 5.39. The number of hydrogen-bond acceptors (Lipinski definition) is 3. The number of ether oxygens (including phenoxy) is 1. The third kappa shape index (κ3) is 3.01. The number of benzene rings is 1. The first-order chi connectivity index (χ1) is 7.45. The van der Waals surface area contributed by atoms with E-state index in [1.807, 2.05) is 0 Å². The van der Waals surface area contributed by atoms with E-state index < -0.39 is 12.0 Å². The zero-order valence-electron chi connectivity index (χ0n) is 8.54. The highest BCUT2D eigenvalue weighted by Gasteiger charge is 2.15. The van der Waals surface area contributed by atoms with E-state index in [-0.39, 0.29) is 6.42 Å². The fourth-order valence-electron chi connectivity index (χ4n) is 1.27. The van der Waals surface area contributed by atoms with E-state index in [1.54, 1.807) is 12.1 Å². The van der Waals surface area contributed by atoms with Gasteiger partial charge in [-0.05, 0) is 24.1 Å². The molecule has 0 spiro atoms. The van der Waals surface area contributed by atoms with E-state index in [9.17, 15) is 4.79 Å². The summed E-state index contributed by atoms with van der Waals surface area (Å²) in [5, 5.41) is 9.34. The summed E-state index contributed by atoms with van der Waals surface area (Å²) in [4.78, 5) is 10.6. The van der Waals surface area contributed by atoms with Crippen molar-refractivity contribution in [3.8, 4) is 5.75 Å². The van der Waals surface area contributed by atoms with Crippen molar-refractivity contribution in [1.82, 2.24) is 0 Å². The SMILES string of the molecule is COc1c(Cl)cc(CC(N)C(=O)O)cc1Cl. The molecule has 6 heteroatoms. The molecule has 0 heterocycles. The lowest BCUT2D eigenvalue weighted by Gasteiger charge is -2.10. The van der Waals surface area contributed by atoms with Crippen molar-refractivity contribution in [3.05, 3.63) is 27.7 Å². The third-order valence-electron chi connectivity index (χ3n) is 2.04. The summed E-state index contributed by atoms with van der Waals surface area (Å²) in [6, 6.07) is 2.21. The smallest absolute Gasteiger partial charge is 0.320 e. The number of methoxy groups -OCH3 is 1. The summed E-state index contributed by atoms with van der Waals surface area (Å²) in [7, 11) is 1.45. The molecule has 0 aromatic heterocycles. The highest BCUT2D eigenvalue weighted by molar-refractivity contribution is 6.37. The van der Waals surface area contributed by atoms with Gasteiger partial charge in [0, 0.05) is 0 Å². The van der Waals surface area contributed by atoms with E-state index in [0.29, 0.717) is 21.4 Å². The molecule has 4 nitrogen and oxygen atoms in total. The number of hydrogen-bond donors (Lipinski definition) is 2. The van der Waals surface area contributed by atoms with Gasteiger partial charge in [-0.25, -0.2) is 0 Å². The topological polar surface area (TPSA) is 72.5 Å². The highest BCUT2D eigenvalue weighted by Crippen LogP contribution is 2.34. The molecular weight excluding hydrogens is 253 g/mol. The van der Waals surface area contributed by atoms with Gasteiger partial charge in [-0.15, -0.1) is 0 Å². The number of carbonyl (C=O) groups is 1. The van der Waals surface area contributed by atoms with Gasteiger partial charge in [0.2, 0.25) is 0 Å². The minimum Gasteiger partial charge on any atom is -0.494 e. The molecule has 0 bridgehead atoms. The Morgan fingerprint density at radius 3 is 2.38 bits per heavy atom. The van der Waals surface area contributed by atoms with Gasteiger partial charge in [-0.1, -0.05) is 23.2 Å². The maximum Gasteiger partial charge on any atom is 0.320 e. The molecule has 0 saturated heterocycles. The minimum absolute atomic E-state index is 0.165. The Morgan fingerprint density at radius 1 is 1.50 bits per heavy atom. The normalized spacial score (nSPS) is 12.2. The standard InChI is InChI=1S/C10H11Cl2NO3/c1-16-9-6(11)2-5(3-7(9)12)4-8(13)10(14)15/h2-3,8H,4,13H2,1H3,(H,14,15). The van der Waals surface area contributed by atoms with E-state index in [1.165, 1.54) is 7.11 Å². The van der Waals surface area contributed by atoms with Crippen LogP contribution in [-0.4, -0.2) is 24.2 Å². The Hall–Kier alpha value is -0.970. The molecule has 1 unspecified atom stereocenters. The Morgan fingerprint density at radius 2 is 2.00 bits per heavy atom. The van der Waals surface area contributed by atoms with Crippen LogP contribution in [0.5, 0.6) is 5.75 Å². The lowest BCUT2D eigenvalue weighted by atomic mass is 10.1. The predicted molar refractivity (Wildman–Crippen MR) is 62.3 cm³/mol. The number of halogens is 2. The summed E-state index contributed by atoms with van der Waals surface area (Å²) in [6.45, 7) is 0. The van der Waals surface area contributed by atoms with E-state index in [0.717, 1.165) is 0 Å². The van der Waals surface area contributed by atoms with Crippen molar-refractivity contribution in [2.75, 3.05) is 7.11 Å². The Bertz CT molecular complexity index is 386. The molecular formula is C10H11Cl2NO3. The molecule has 0 fully saturated rings. The summed E-state index contributed by atoms with van der Waals surface area (Å²) in [6.07, 6.45) is 0.165. The van der Waals surface area contributed by atoms with Gasteiger partial charge >= 0.3 is 5.97 Å². The van der Waals surface area contributed by atoms with Crippen molar-refractivity contribution in [2.45, 2.75) is 12.5 Å². The zero-order chi connectivity index (χ0) is 12.3. The second-order valence-electron chi connectivity index (χ2n) is 3.24. The first kappa shape index (κ1) is 13.1. The number of rotatable bonds is 4. The molecule has 3 N–H and O–H groups in total. The number of aliphatic carboxylic acids is 1. The van der Waals surface area contributed by atoms with Crippen LogP contribution >= 0.6 is 23.2 Å². The number of carboxylic acids is 1. The molecule has 88 valence electrons. The Balaban J connectivity index is 2.96. The van der Waals surface area contributed by atoms with Crippen LogP contribution in [-0.2, 0) is 11.2 Å². The van der Waals surface area contributed by atoms with Gasteiger partial charge in [0.15, 0.2) is 5.75 Å². The fourth-order valence-corrected chi connectivity index (χ4v) is 1.95. The van der Waals surface area contributed by atoms with Crippen molar-refractivity contribution in [1.29, 1.82) is 0 Å². The molecule has 16 heavy (non-hydrogen) atoms. The van der Waals surface area contributed by atoms with Crippen molar-refractivity contribution in [3.63, 3.8) is 0 Å². The summed E-state index contributed by atoms with van der Waals surface area (Å²) < 4.78 is 4.97. The second-order valence-corrected chi connectivity index (χ2v) is 4.06. The van der Waals surface area contributed by atoms with Crippen LogP contribution in [0.15, 0.2) is 12.1 Å². The molecule has 0 aliphatic rings. The molecule has 1 atom stereocenters.